The summed E-state index contributed by atoms with van der Waals surface area (Å²) in [4.78, 5) is 16.5. The maximum absolute atomic E-state index is 12.2. The first kappa shape index (κ1) is 12.7. The van der Waals surface area contributed by atoms with Gasteiger partial charge in [-0.1, -0.05) is 6.07 Å². The number of hydrogen-bond donors (Lipinski definition) is 3. The highest BCUT2D eigenvalue weighted by Gasteiger charge is 2.11. The van der Waals surface area contributed by atoms with E-state index < -0.39 is 0 Å². The number of nitrogen functional groups attached to an aromatic ring is 1. The molecule has 4 N–H and O–H groups in total. The normalized spacial score (nSPS) is 10.8. The van der Waals surface area contributed by atoms with Crippen LogP contribution in [-0.2, 0) is 6.42 Å². The lowest BCUT2D eigenvalue weighted by molar-refractivity contribution is 0.0956. The summed E-state index contributed by atoms with van der Waals surface area (Å²) in [6.07, 6.45) is 2.59. The molecule has 2 heterocycles. The molecule has 1 amide bonds. The van der Waals surface area contributed by atoms with Crippen molar-refractivity contribution in [3.05, 3.63) is 52.3 Å². The van der Waals surface area contributed by atoms with Crippen LogP contribution in [0.4, 0.5) is 5.69 Å². The molecule has 0 spiro atoms. The Morgan fingerprint density at radius 3 is 3.05 bits per heavy atom. The number of amides is 1. The maximum Gasteiger partial charge on any atom is 0.253 e. The topological polar surface area (TPSA) is 70.9 Å². The number of carbonyl (C=O) groups is 1. The van der Waals surface area contributed by atoms with Gasteiger partial charge in [0.25, 0.3) is 5.91 Å². The van der Waals surface area contributed by atoms with Gasteiger partial charge in [0.1, 0.15) is 0 Å². The number of aromatic nitrogens is 1. The third-order valence-electron chi connectivity index (χ3n) is 3.19. The molecule has 0 bridgehead atoms. The number of benzene rings is 1. The number of thiophene rings is 1. The van der Waals surface area contributed by atoms with E-state index in [1.807, 2.05) is 23.6 Å². The third-order valence-corrected chi connectivity index (χ3v) is 4.12. The van der Waals surface area contributed by atoms with Crippen molar-refractivity contribution in [3.8, 4) is 0 Å². The van der Waals surface area contributed by atoms with Crippen LogP contribution in [0.1, 0.15) is 15.2 Å². The number of rotatable bonds is 4. The quantitative estimate of drug-likeness (QED) is 0.645. The van der Waals surface area contributed by atoms with Crippen molar-refractivity contribution in [2.24, 2.45) is 0 Å². The largest absolute Gasteiger partial charge is 0.399 e. The zero-order valence-electron chi connectivity index (χ0n) is 10.8. The highest BCUT2D eigenvalue weighted by molar-refractivity contribution is 7.09. The van der Waals surface area contributed by atoms with Crippen molar-refractivity contribution in [3.63, 3.8) is 0 Å². The van der Waals surface area contributed by atoms with Crippen LogP contribution in [0, 0.1) is 0 Å². The lowest BCUT2D eigenvalue weighted by Gasteiger charge is -2.03. The van der Waals surface area contributed by atoms with Crippen LogP contribution in [0.5, 0.6) is 0 Å². The fraction of sp³-hybridized carbons (Fsp3) is 0.133. The number of fused-ring (bicyclic) bond motifs is 1. The molecule has 102 valence electrons. The first-order chi connectivity index (χ1) is 9.74. The number of nitrogens with two attached hydrogens (primary N) is 1. The summed E-state index contributed by atoms with van der Waals surface area (Å²) in [5.74, 6) is -0.0578. The van der Waals surface area contributed by atoms with Crippen molar-refractivity contribution in [2.45, 2.75) is 6.42 Å². The van der Waals surface area contributed by atoms with E-state index in [1.54, 1.807) is 23.6 Å². The minimum absolute atomic E-state index is 0.0578. The molecule has 0 aliphatic rings. The van der Waals surface area contributed by atoms with Gasteiger partial charge in [-0.2, -0.15) is 0 Å². The van der Waals surface area contributed by atoms with Gasteiger partial charge in [-0.05, 0) is 36.1 Å². The minimum Gasteiger partial charge on any atom is -0.399 e. The van der Waals surface area contributed by atoms with Gasteiger partial charge in [-0.3, -0.25) is 4.79 Å². The molecule has 0 unspecified atom stereocenters. The van der Waals surface area contributed by atoms with Crippen molar-refractivity contribution >= 4 is 33.8 Å². The third kappa shape index (κ3) is 2.53. The van der Waals surface area contributed by atoms with Crippen molar-refractivity contribution in [2.75, 3.05) is 12.3 Å². The average Bonchev–Trinajstić information content (AvgIpc) is 3.07. The molecule has 1 aromatic carbocycles. The summed E-state index contributed by atoms with van der Waals surface area (Å²) in [6, 6.07) is 9.60. The molecular formula is C15H15N3OS. The molecule has 3 rings (SSSR count). The van der Waals surface area contributed by atoms with Crippen molar-refractivity contribution in [1.29, 1.82) is 0 Å². The van der Waals surface area contributed by atoms with Crippen LogP contribution in [0.25, 0.3) is 10.9 Å². The second kappa shape index (κ2) is 5.38. The van der Waals surface area contributed by atoms with E-state index in [2.05, 4.69) is 16.4 Å². The van der Waals surface area contributed by atoms with Crippen LogP contribution in [-0.4, -0.2) is 17.4 Å². The van der Waals surface area contributed by atoms with Gasteiger partial charge in [0, 0.05) is 34.2 Å². The number of anilines is 1. The molecular weight excluding hydrogens is 270 g/mol. The van der Waals surface area contributed by atoms with Gasteiger partial charge >= 0.3 is 0 Å². The summed E-state index contributed by atoms with van der Waals surface area (Å²) in [7, 11) is 0. The summed E-state index contributed by atoms with van der Waals surface area (Å²) >= 11 is 1.70. The lowest BCUT2D eigenvalue weighted by Crippen LogP contribution is -2.25. The van der Waals surface area contributed by atoms with E-state index in [9.17, 15) is 4.79 Å². The minimum atomic E-state index is -0.0578. The standard InChI is InChI=1S/C15H15N3OS/c16-10-3-4-12-13(9-18-14(12)8-10)15(19)17-6-5-11-2-1-7-20-11/h1-4,7-9,18H,5-6,16H2,(H,17,19). The smallest absolute Gasteiger partial charge is 0.253 e. The monoisotopic (exact) mass is 285 g/mol. The average molecular weight is 285 g/mol. The Balaban J connectivity index is 1.69. The summed E-state index contributed by atoms with van der Waals surface area (Å²) in [5.41, 5.74) is 7.95. The van der Waals surface area contributed by atoms with E-state index >= 15 is 0 Å². The summed E-state index contributed by atoms with van der Waals surface area (Å²) in [6.45, 7) is 0.640. The van der Waals surface area contributed by atoms with Crippen molar-refractivity contribution < 1.29 is 4.79 Å². The molecule has 20 heavy (non-hydrogen) atoms. The first-order valence-corrected chi connectivity index (χ1v) is 7.29. The Morgan fingerprint density at radius 1 is 1.35 bits per heavy atom. The van der Waals surface area contributed by atoms with Crippen molar-refractivity contribution in [1.82, 2.24) is 10.3 Å². The maximum atomic E-state index is 12.2. The predicted molar refractivity (Wildman–Crippen MR) is 83.1 cm³/mol. The molecule has 2 aromatic heterocycles. The second-order valence-corrected chi connectivity index (χ2v) is 5.62. The van der Waals surface area contributed by atoms with Crippen LogP contribution < -0.4 is 11.1 Å². The van der Waals surface area contributed by atoms with E-state index in [0.29, 0.717) is 17.8 Å². The zero-order chi connectivity index (χ0) is 13.9. The van der Waals surface area contributed by atoms with Crippen LogP contribution in [0.2, 0.25) is 0 Å². The second-order valence-electron chi connectivity index (χ2n) is 4.59. The molecule has 0 radical (unpaired) electrons. The number of carbonyl (C=O) groups excluding carboxylic acids is 1. The van der Waals surface area contributed by atoms with E-state index in [0.717, 1.165) is 17.3 Å². The predicted octanol–water partition coefficient (Wildman–Crippen LogP) is 2.78. The molecule has 0 saturated carbocycles. The molecule has 5 heteroatoms. The van der Waals surface area contributed by atoms with Crippen LogP contribution >= 0.6 is 11.3 Å². The van der Waals surface area contributed by atoms with Gasteiger partial charge in [-0.15, -0.1) is 11.3 Å². The van der Waals surface area contributed by atoms with Crippen LogP contribution in [0.15, 0.2) is 41.9 Å². The van der Waals surface area contributed by atoms with E-state index in [1.165, 1.54) is 4.88 Å². The molecule has 0 atom stereocenters. The molecule has 4 nitrogen and oxygen atoms in total. The Kier molecular flexibility index (Phi) is 3.43. The molecule has 0 fully saturated rings. The highest BCUT2D eigenvalue weighted by atomic mass is 32.1. The summed E-state index contributed by atoms with van der Waals surface area (Å²) in [5, 5.41) is 5.89. The fourth-order valence-electron chi connectivity index (χ4n) is 2.18. The van der Waals surface area contributed by atoms with Crippen LogP contribution in [0.3, 0.4) is 0 Å². The van der Waals surface area contributed by atoms with E-state index in [4.69, 9.17) is 5.73 Å². The lowest BCUT2D eigenvalue weighted by atomic mass is 10.1. The fourth-order valence-corrected chi connectivity index (χ4v) is 2.89. The van der Waals surface area contributed by atoms with E-state index in [-0.39, 0.29) is 5.91 Å². The number of H-pyrrole nitrogens is 1. The first-order valence-electron chi connectivity index (χ1n) is 6.41. The van der Waals surface area contributed by atoms with Gasteiger partial charge in [0.15, 0.2) is 0 Å². The van der Waals surface area contributed by atoms with Gasteiger partial charge < -0.3 is 16.0 Å². The molecule has 3 aromatic rings. The Morgan fingerprint density at radius 2 is 2.25 bits per heavy atom. The molecule has 0 aliphatic heterocycles. The highest BCUT2D eigenvalue weighted by Crippen LogP contribution is 2.20. The van der Waals surface area contributed by atoms with Gasteiger partial charge in [0.05, 0.1) is 5.56 Å². The van der Waals surface area contributed by atoms with Gasteiger partial charge in [0.2, 0.25) is 0 Å². The summed E-state index contributed by atoms with van der Waals surface area (Å²) < 4.78 is 0. The zero-order valence-corrected chi connectivity index (χ0v) is 11.7. The number of nitrogens with one attached hydrogen (secondary N) is 2. The van der Waals surface area contributed by atoms with Gasteiger partial charge in [-0.25, -0.2) is 0 Å². The molecule has 0 saturated heterocycles. The molecule has 0 aliphatic carbocycles. The Hall–Kier alpha value is -2.27. The Labute approximate surface area is 120 Å². The number of aromatic amines is 1. The number of hydrogen-bond acceptors (Lipinski definition) is 3. The Bertz CT molecular complexity index is 731. The SMILES string of the molecule is Nc1ccc2c(C(=O)NCCc3cccs3)c[nH]c2c1.